The van der Waals surface area contributed by atoms with Crippen molar-refractivity contribution in [2.45, 2.75) is 57.3 Å². The van der Waals surface area contributed by atoms with E-state index < -0.39 is 12.2 Å². The van der Waals surface area contributed by atoms with Gasteiger partial charge in [-0.25, -0.2) is 4.98 Å². The van der Waals surface area contributed by atoms with E-state index >= 15 is 0 Å². The average molecular weight is 430 g/mol. The van der Waals surface area contributed by atoms with Crippen molar-refractivity contribution in [3.63, 3.8) is 0 Å². The Kier molecular flexibility index (Phi) is 5.49. The molecule has 0 saturated heterocycles. The van der Waals surface area contributed by atoms with Crippen LogP contribution in [-0.2, 0) is 6.42 Å². The van der Waals surface area contributed by atoms with Crippen LogP contribution in [0, 0.1) is 0 Å². The molecule has 0 spiro atoms. The number of fused-ring (bicyclic) bond motifs is 3. The van der Waals surface area contributed by atoms with Crippen LogP contribution in [0.3, 0.4) is 0 Å². The lowest BCUT2D eigenvalue weighted by Crippen LogP contribution is -2.34. The molecule has 3 unspecified atom stereocenters. The number of rotatable bonds is 4. The summed E-state index contributed by atoms with van der Waals surface area (Å²) in [7, 11) is 0. The summed E-state index contributed by atoms with van der Waals surface area (Å²) in [5, 5.41) is 22.7. The van der Waals surface area contributed by atoms with Gasteiger partial charge in [-0.3, -0.25) is 14.3 Å². The van der Waals surface area contributed by atoms with Crippen LogP contribution in [0.5, 0.6) is 0 Å². The number of hydrogen-bond acceptors (Lipinski definition) is 5. The zero-order valence-electron chi connectivity index (χ0n) is 18.1. The normalized spacial score (nSPS) is 20.0. The highest BCUT2D eigenvalue weighted by atomic mass is 16.3. The fraction of sp³-hybridized carbons (Fsp3) is 0.346. The lowest BCUT2D eigenvalue weighted by atomic mass is 9.92. The summed E-state index contributed by atoms with van der Waals surface area (Å²) in [5.74, 6) is 0. The maximum Gasteiger partial charge on any atom is 0.261 e. The van der Waals surface area contributed by atoms with E-state index in [0.29, 0.717) is 23.7 Å². The molecule has 6 heteroatoms. The number of benzene rings is 2. The highest BCUT2D eigenvalue weighted by molar-refractivity contribution is 6.06. The quantitative estimate of drug-likeness (QED) is 0.478. The molecule has 164 valence electrons. The first kappa shape index (κ1) is 20.8. The van der Waals surface area contributed by atoms with Crippen LogP contribution in [0.4, 0.5) is 0 Å². The molecular formula is C26H27N3O3. The number of aliphatic hydroxyl groups excluding tert-OH is 2. The van der Waals surface area contributed by atoms with Crippen molar-refractivity contribution in [2.24, 2.45) is 0 Å². The van der Waals surface area contributed by atoms with Gasteiger partial charge in [0, 0.05) is 23.2 Å². The monoisotopic (exact) mass is 429 g/mol. The Morgan fingerprint density at radius 1 is 1.09 bits per heavy atom. The second kappa shape index (κ2) is 8.45. The third-order valence-corrected chi connectivity index (χ3v) is 6.68. The van der Waals surface area contributed by atoms with Crippen LogP contribution in [-0.4, -0.2) is 30.9 Å². The zero-order chi connectivity index (χ0) is 22.2. The Bertz CT molecular complexity index is 1330. The van der Waals surface area contributed by atoms with Gasteiger partial charge in [-0.1, -0.05) is 37.1 Å². The Morgan fingerprint density at radius 3 is 2.62 bits per heavy atom. The molecule has 2 aromatic heterocycles. The van der Waals surface area contributed by atoms with Gasteiger partial charge in [0.2, 0.25) is 0 Å². The SMILES string of the molecule is CC(O)c1ccc(Cc2cc3c(=O)n(C4CCCCC4O)cnc3c3ccncc23)cc1. The Balaban J connectivity index is 1.64. The third kappa shape index (κ3) is 3.70. The molecule has 4 aromatic rings. The number of nitrogens with zero attached hydrogens (tertiary/aromatic N) is 3. The van der Waals surface area contributed by atoms with Gasteiger partial charge in [-0.15, -0.1) is 0 Å². The molecule has 0 aliphatic heterocycles. The summed E-state index contributed by atoms with van der Waals surface area (Å²) in [4.78, 5) is 22.5. The van der Waals surface area contributed by atoms with Gasteiger partial charge in [0.1, 0.15) is 0 Å². The van der Waals surface area contributed by atoms with Crippen LogP contribution in [0.15, 0.2) is 59.9 Å². The fourth-order valence-electron chi connectivity index (χ4n) is 4.87. The summed E-state index contributed by atoms with van der Waals surface area (Å²) in [6.07, 6.45) is 8.25. The summed E-state index contributed by atoms with van der Waals surface area (Å²) in [6.45, 7) is 1.75. The highest BCUT2D eigenvalue weighted by Crippen LogP contribution is 2.30. The molecule has 2 heterocycles. The van der Waals surface area contributed by atoms with Gasteiger partial charge in [0.25, 0.3) is 5.56 Å². The lowest BCUT2D eigenvalue weighted by molar-refractivity contribution is 0.0735. The van der Waals surface area contributed by atoms with E-state index in [9.17, 15) is 15.0 Å². The molecule has 1 aliphatic rings. The molecule has 3 atom stereocenters. The minimum Gasteiger partial charge on any atom is -0.391 e. The van der Waals surface area contributed by atoms with E-state index in [0.717, 1.165) is 46.7 Å². The second-order valence-electron chi connectivity index (χ2n) is 8.82. The number of hydrogen-bond donors (Lipinski definition) is 2. The summed E-state index contributed by atoms with van der Waals surface area (Å²) >= 11 is 0. The van der Waals surface area contributed by atoms with Crippen LogP contribution < -0.4 is 5.56 Å². The highest BCUT2D eigenvalue weighted by Gasteiger charge is 2.26. The van der Waals surface area contributed by atoms with Gasteiger partial charge in [-0.2, -0.15) is 0 Å². The van der Waals surface area contributed by atoms with Crippen LogP contribution in [0.2, 0.25) is 0 Å². The molecule has 2 N–H and O–H groups in total. The van der Waals surface area contributed by atoms with Crippen LogP contribution >= 0.6 is 0 Å². The predicted molar refractivity (Wildman–Crippen MR) is 125 cm³/mol. The van der Waals surface area contributed by atoms with E-state index in [2.05, 4.69) is 9.97 Å². The molecule has 6 nitrogen and oxygen atoms in total. The standard InChI is InChI=1S/C26H27N3O3/c1-16(30)18-8-6-17(7-9-18)12-19-13-21-25(20-10-11-27-14-22(19)20)28-15-29(26(21)32)23-4-2-3-5-24(23)31/h6-11,13-16,23-24,30-31H,2-5,12H2,1H3. The largest absolute Gasteiger partial charge is 0.391 e. The first-order chi connectivity index (χ1) is 15.5. The van der Waals surface area contributed by atoms with Gasteiger partial charge in [0.15, 0.2) is 0 Å². The maximum absolute atomic E-state index is 13.5. The average Bonchev–Trinajstić information content (AvgIpc) is 2.81. The molecule has 1 saturated carbocycles. The van der Waals surface area contributed by atoms with Crippen molar-refractivity contribution in [3.8, 4) is 0 Å². The lowest BCUT2D eigenvalue weighted by Gasteiger charge is -2.29. The number of pyridine rings is 1. The molecule has 0 amide bonds. The smallest absolute Gasteiger partial charge is 0.261 e. The Labute approximate surface area is 186 Å². The molecule has 1 fully saturated rings. The summed E-state index contributed by atoms with van der Waals surface area (Å²) in [5.41, 5.74) is 3.53. The minimum atomic E-state index is -0.516. The van der Waals surface area contributed by atoms with E-state index in [-0.39, 0.29) is 11.6 Å². The molecule has 32 heavy (non-hydrogen) atoms. The van der Waals surface area contributed by atoms with Crippen LogP contribution in [0.1, 0.15) is 61.4 Å². The maximum atomic E-state index is 13.5. The predicted octanol–water partition coefficient (Wildman–Crippen LogP) is 4.06. The van der Waals surface area contributed by atoms with Gasteiger partial charge in [0.05, 0.1) is 35.5 Å². The summed E-state index contributed by atoms with van der Waals surface area (Å²) in [6, 6.07) is 11.5. The fourth-order valence-corrected chi connectivity index (χ4v) is 4.87. The van der Waals surface area contributed by atoms with E-state index in [1.54, 1.807) is 24.0 Å². The molecular weight excluding hydrogens is 402 g/mol. The molecule has 1 aliphatic carbocycles. The van der Waals surface area contributed by atoms with Crippen molar-refractivity contribution in [1.82, 2.24) is 14.5 Å². The van der Waals surface area contributed by atoms with Crippen molar-refractivity contribution in [1.29, 1.82) is 0 Å². The zero-order valence-corrected chi connectivity index (χ0v) is 18.1. The van der Waals surface area contributed by atoms with Crippen molar-refractivity contribution < 1.29 is 10.2 Å². The van der Waals surface area contributed by atoms with E-state index in [4.69, 9.17) is 0 Å². The summed E-state index contributed by atoms with van der Waals surface area (Å²) < 4.78 is 1.63. The van der Waals surface area contributed by atoms with Crippen molar-refractivity contribution in [3.05, 3.63) is 82.2 Å². The van der Waals surface area contributed by atoms with Crippen molar-refractivity contribution >= 4 is 21.7 Å². The third-order valence-electron chi connectivity index (χ3n) is 6.68. The number of aliphatic hydroxyl groups is 2. The van der Waals surface area contributed by atoms with E-state index in [1.165, 1.54) is 0 Å². The molecule has 2 aromatic carbocycles. The Morgan fingerprint density at radius 2 is 1.88 bits per heavy atom. The first-order valence-corrected chi connectivity index (χ1v) is 11.2. The van der Waals surface area contributed by atoms with E-state index in [1.807, 2.05) is 42.6 Å². The molecule has 0 bridgehead atoms. The van der Waals surface area contributed by atoms with Gasteiger partial charge in [-0.05, 0) is 55.0 Å². The van der Waals surface area contributed by atoms with Gasteiger partial charge < -0.3 is 10.2 Å². The molecule has 5 rings (SSSR count). The topological polar surface area (TPSA) is 88.2 Å². The second-order valence-corrected chi connectivity index (χ2v) is 8.82. The Hall–Kier alpha value is -3.09. The first-order valence-electron chi connectivity index (χ1n) is 11.2. The van der Waals surface area contributed by atoms with Crippen molar-refractivity contribution in [2.75, 3.05) is 0 Å². The van der Waals surface area contributed by atoms with Gasteiger partial charge >= 0.3 is 0 Å². The van der Waals surface area contributed by atoms with Crippen LogP contribution in [0.25, 0.3) is 21.7 Å². The minimum absolute atomic E-state index is 0.106. The molecule has 0 radical (unpaired) electrons. The number of aromatic nitrogens is 3.